The second-order valence-corrected chi connectivity index (χ2v) is 6.58. The fourth-order valence-electron chi connectivity index (χ4n) is 3.82. The van der Waals surface area contributed by atoms with Crippen LogP contribution in [0.5, 0.6) is 0 Å². The Balaban J connectivity index is 2.02. The van der Waals surface area contributed by atoms with Crippen molar-refractivity contribution in [1.29, 1.82) is 0 Å². The molecular formula is C16H30N2O. The highest BCUT2D eigenvalue weighted by Gasteiger charge is 2.36. The molecule has 0 aromatic heterocycles. The molecule has 1 saturated heterocycles. The number of hydrogen-bond donors (Lipinski definition) is 1. The lowest BCUT2D eigenvalue weighted by Crippen LogP contribution is -2.54. The van der Waals surface area contributed by atoms with Crippen LogP contribution < -0.4 is 5.32 Å². The van der Waals surface area contributed by atoms with Crippen molar-refractivity contribution in [2.75, 3.05) is 19.6 Å². The van der Waals surface area contributed by atoms with E-state index in [1.165, 1.54) is 25.7 Å². The largest absolute Gasteiger partial charge is 0.340 e. The molecule has 0 spiro atoms. The number of amides is 1. The zero-order valence-corrected chi connectivity index (χ0v) is 12.8. The summed E-state index contributed by atoms with van der Waals surface area (Å²) in [7, 11) is 0. The molecule has 3 heteroatoms. The Kier molecular flexibility index (Phi) is 5.26. The molecule has 1 aliphatic carbocycles. The molecule has 0 aromatic carbocycles. The van der Waals surface area contributed by atoms with Crippen LogP contribution in [0.25, 0.3) is 0 Å². The summed E-state index contributed by atoms with van der Waals surface area (Å²) in [6, 6.07) is 0.448. The standard InChI is InChI=1S/C16H30N2O/c1-4-12(2)14-7-5-6-8-15(14)16(19)18-10-9-17-13(3)11-18/h12-15,17H,4-11H2,1-3H3. The summed E-state index contributed by atoms with van der Waals surface area (Å²) >= 11 is 0. The van der Waals surface area contributed by atoms with E-state index in [4.69, 9.17) is 0 Å². The quantitative estimate of drug-likeness (QED) is 0.852. The molecule has 4 unspecified atom stereocenters. The third-order valence-electron chi connectivity index (χ3n) is 5.19. The van der Waals surface area contributed by atoms with Gasteiger partial charge in [0.25, 0.3) is 0 Å². The number of hydrogen-bond acceptors (Lipinski definition) is 2. The molecule has 1 amide bonds. The van der Waals surface area contributed by atoms with Crippen LogP contribution in [0.4, 0.5) is 0 Å². The Hall–Kier alpha value is -0.570. The van der Waals surface area contributed by atoms with Crippen LogP contribution in [-0.2, 0) is 4.79 Å². The Morgan fingerprint density at radius 3 is 2.79 bits per heavy atom. The van der Waals surface area contributed by atoms with Gasteiger partial charge in [0.05, 0.1) is 0 Å². The molecular weight excluding hydrogens is 236 g/mol. The molecule has 19 heavy (non-hydrogen) atoms. The van der Waals surface area contributed by atoms with Crippen LogP contribution in [-0.4, -0.2) is 36.5 Å². The third kappa shape index (κ3) is 3.50. The van der Waals surface area contributed by atoms with Gasteiger partial charge in [-0.25, -0.2) is 0 Å². The SMILES string of the molecule is CCC(C)C1CCCCC1C(=O)N1CCNC(C)C1. The minimum absolute atomic E-state index is 0.300. The van der Waals surface area contributed by atoms with Crippen LogP contribution in [0.2, 0.25) is 0 Å². The number of piperazine rings is 1. The summed E-state index contributed by atoms with van der Waals surface area (Å²) in [6.07, 6.45) is 6.13. The van der Waals surface area contributed by atoms with Crippen molar-refractivity contribution in [2.45, 2.75) is 58.9 Å². The van der Waals surface area contributed by atoms with Crippen molar-refractivity contribution < 1.29 is 4.79 Å². The molecule has 110 valence electrons. The topological polar surface area (TPSA) is 32.3 Å². The molecule has 0 bridgehead atoms. The lowest BCUT2D eigenvalue weighted by Gasteiger charge is -2.40. The van der Waals surface area contributed by atoms with Crippen molar-refractivity contribution in [3.63, 3.8) is 0 Å². The van der Waals surface area contributed by atoms with Gasteiger partial charge in [0, 0.05) is 31.6 Å². The first-order valence-electron chi connectivity index (χ1n) is 8.15. The van der Waals surface area contributed by atoms with E-state index in [0.29, 0.717) is 29.7 Å². The van der Waals surface area contributed by atoms with Gasteiger partial charge in [-0.2, -0.15) is 0 Å². The fraction of sp³-hybridized carbons (Fsp3) is 0.938. The van der Waals surface area contributed by atoms with E-state index in [-0.39, 0.29) is 0 Å². The Bertz CT molecular complexity index is 305. The molecule has 1 heterocycles. The van der Waals surface area contributed by atoms with Crippen molar-refractivity contribution in [1.82, 2.24) is 10.2 Å². The van der Waals surface area contributed by atoms with Gasteiger partial charge in [-0.1, -0.05) is 33.1 Å². The highest BCUT2D eigenvalue weighted by molar-refractivity contribution is 5.79. The predicted octanol–water partition coefficient (Wildman–Crippen LogP) is 2.66. The van der Waals surface area contributed by atoms with Gasteiger partial charge < -0.3 is 10.2 Å². The number of carbonyl (C=O) groups is 1. The van der Waals surface area contributed by atoms with E-state index in [0.717, 1.165) is 26.1 Å². The van der Waals surface area contributed by atoms with E-state index in [2.05, 4.69) is 31.0 Å². The third-order valence-corrected chi connectivity index (χ3v) is 5.19. The molecule has 1 N–H and O–H groups in total. The molecule has 0 radical (unpaired) electrons. The smallest absolute Gasteiger partial charge is 0.226 e. The first-order valence-corrected chi connectivity index (χ1v) is 8.15. The number of nitrogens with one attached hydrogen (secondary N) is 1. The molecule has 1 saturated carbocycles. The molecule has 1 aliphatic heterocycles. The molecule has 2 aliphatic rings. The van der Waals surface area contributed by atoms with Gasteiger partial charge in [-0.05, 0) is 31.6 Å². The van der Waals surface area contributed by atoms with Crippen LogP contribution in [0.1, 0.15) is 52.9 Å². The van der Waals surface area contributed by atoms with Crippen LogP contribution >= 0.6 is 0 Å². The summed E-state index contributed by atoms with van der Waals surface area (Å²) in [6.45, 7) is 9.50. The summed E-state index contributed by atoms with van der Waals surface area (Å²) < 4.78 is 0. The lowest BCUT2D eigenvalue weighted by molar-refractivity contribution is -0.140. The lowest BCUT2D eigenvalue weighted by atomic mass is 9.71. The van der Waals surface area contributed by atoms with E-state index < -0.39 is 0 Å². The molecule has 3 nitrogen and oxygen atoms in total. The van der Waals surface area contributed by atoms with Crippen molar-refractivity contribution in [3.8, 4) is 0 Å². The molecule has 0 aromatic rings. The first-order chi connectivity index (χ1) is 9.13. The van der Waals surface area contributed by atoms with Gasteiger partial charge in [0.2, 0.25) is 5.91 Å². The molecule has 2 fully saturated rings. The highest BCUT2D eigenvalue weighted by atomic mass is 16.2. The Morgan fingerprint density at radius 2 is 2.11 bits per heavy atom. The van der Waals surface area contributed by atoms with Crippen molar-refractivity contribution in [2.24, 2.45) is 17.8 Å². The summed E-state index contributed by atoms with van der Waals surface area (Å²) in [5.41, 5.74) is 0. The summed E-state index contributed by atoms with van der Waals surface area (Å²) in [5.74, 6) is 2.05. The average molecular weight is 266 g/mol. The Labute approximate surface area is 118 Å². The van der Waals surface area contributed by atoms with Gasteiger partial charge in [0.1, 0.15) is 0 Å². The molecule has 2 rings (SSSR count). The van der Waals surface area contributed by atoms with E-state index >= 15 is 0 Å². The van der Waals surface area contributed by atoms with E-state index in [1.807, 2.05) is 0 Å². The maximum absolute atomic E-state index is 12.8. The van der Waals surface area contributed by atoms with Crippen molar-refractivity contribution in [3.05, 3.63) is 0 Å². The minimum atomic E-state index is 0.300. The summed E-state index contributed by atoms with van der Waals surface area (Å²) in [5, 5.41) is 3.42. The minimum Gasteiger partial charge on any atom is -0.340 e. The second-order valence-electron chi connectivity index (χ2n) is 6.58. The first kappa shape index (κ1) is 14.8. The monoisotopic (exact) mass is 266 g/mol. The predicted molar refractivity (Wildman–Crippen MR) is 78.9 cm³/mol. The normalized spacial score (nSPS) is 34.1. The number of rotatable bonds is 3. The highest BCUT2D eigenvalue weighted by Crippen LogP contribution is 2.37. The number of nitrogens with zero attached hydrogens (tertiary/aromatic N) is 1. The summed E-state index contributed by atoms with van der Waals surface area (Å²) in [4.78, 5) is 14.9. The zero-order valence-electron chi connectivity index (χ0n) is 12.8. The fourth-order valence-corrected chi connectivity index (χ4v) is 3.82. The van der Waals surface area contributed by atoms with E-state index in [1.54, 1.807) is 0 Å². The maximum Gasteiger partial charge on any atom is 0.226 e. The van der Waals surface area contributed by atoms with Crippen LogP contribution in [0.15, 0.2) is 0 Å². The Morgan fingerprint density at radius 1 is 1.37 bits per heavy atom. The van der Waals surface area contributed by atoms with E-state index in [9.17, 15) is 4.79 Å². The second kappa shape index (κ2) is 6.74. The van der Waals surface area contributed by atoms with Gasteiger partial charge in [-0.15, -0.1) is 0 Å². The maximum atomic E-state index is 12.8. The van der Waals surface area contributed by atoms with Gasteiger partial charge >= 0.3 is 0 Å². The zero-order chi connectivity index (χ0) is 13.8. The van der Waals surface area contributed by atoms with Crippen LogP contribution in [0, 0.1) is 17.8 Å². The average Bonchev–Trinajstić information content (AvgIpc) is 2.45. The van der Waals surface area contributed by atoms with Gasteiger partial charge in [0.15, 0.2) is 0 Å². The van der Waals surface area contributed by atoms with Crippen molar-refractivity contribution >= 4 is 5.91 Å². The van der Waals surface area contributed by atoms with Crippen LogP contribution in [0.3, 0.4) is 0 Å². The molecule has 4 atom stereocenters. The number of carbonyl (C=O) groups excluding carboxylic acids is 1. The van der Waals surface area contributed by atoms with Gasteiger partial charge in [-0.3, -0.25) is 4.79 Å².